The van der Waals surface area contributed by atoms with Crippen LogP contribution in [-0.2, 0) is 11.8 Å². The first-order valence-corrected chi connectivity index (χ1v) is 8.65. The van der Waals surface area contributed by atoms with E-state index in [-0.39, 0.29) is 17.6 Å². The van der Waals surface area contributed by atoms with E-state index < -0.39 is 0 Å². The normalized spacial score (nSPS) is 19.5. The lowest BCUT2D eigenvalue weighted by atomic mass is 9.86. The number of likely N-dealkylation sites (tertiary alicyclic amines) is 1. The number of aromatic nitrogens is 1. The van der Waals surface area contributed by atoms with Gasteiger partial charge >= 0.3 is 0 Å². The van der Waals surface area contributed by atoms with Gasteiger partial charge < -0.3 is 14.2 Å². The van der Waals surface area contributed by atoms with E-state index in [0.717, 1.165) is 5.69 Å². The van der Waals surface area contributed by atoms with Crippen LogP contribution in [0, 0.1) is 12.8 Å². The molecule has 0 atom stereocenters. The summed E-state index contributed by atoms with van der Waals surface area (Å²) in [6.07, 6.45) is 6.96. The second-order valence-corrected chi connectivity index (χ2v) is 6.98. The second-order valence-electron chi connectivity index (χ2n) is 6.98. The number of hydrogen-bond donors (Lipinski definition) is 0. The van der Waals surface area contributed by atoms with Gasteiger partial charge in [0, 0.05) is 25.2 Å². The van der Waals surface area contributed by atoms with E-state index in [9.17, 15) is 9.59 Å². The Balaban J connectivity index is 1.47. The number of rotatable bonds is 4. The molecule has 0 unspecified atom stereocenters. The maximum Gasteiger partial charge on any atom is 0.254 e. The number of nitrogens with zero attached hydrogens (tertiary/aromatic N) is 2. The van der Waals surface area contributed by atoms with E-state index in [1.54, 1.807) is 11.6 Å². The Morgan fingerprint density at radius 1 is 1.22 bits per heavy atom. The molecule has 0 N–H and O–H groups in total. The van der Waals surface area contributed by atoms with Gasteiger partial charge in [0.1, 0.15) is 11.9 Å². The third-order valence-corrected chi connectivity index (χ3v) is 5.17. The minimum Gasteiger partial charge on any atom is -0.486 e. The highest BCUT2D eigenvalue weighted by Gasteiger charge is 2.33. The summed E-state index contributed by atoms with van der Waals surface area (Å²) in [5.41, 5.74) is 0.807. The zero-order valence-electron chi connectivity index (χ0n) is 14.1. The minimum absolute atomic E-state index is 0.0109. The fourth-order valence-corrected chi connectivity index (χ4v) is 3.48. The van der Waals surface area contributed by atoms with Crippen LogP contribution in [0.1, 0.15) is 44.2 Å². The van der Waals surface area contributed by atoms with Gasteiger partial charge in [-0.05, 0) is 31.7 Å². The van der Waals surface area contributed by atoms with E-state index in [2.05, 4.69) is 0 Å². The van der Waals surface area contributed by atoms with Gasteiger partial charge in [-0.3, -0.25) is 9.59 Å². The van der Waals surface area contributed by atoms with E-state index >= 15 is 0 Å². The third-order valence-electron chi connectivity index (χ3n) is 5.17. The van der Waals surface area contributed by atoms with E-state index in [1.807, 2.05) is 17.9 Å². The number of aryl methyl sites for hydroxylation is 1. The van der Waals surface area contributed by atoms with Crippen molar-refractivity contribution in [1.29, 1.82) is 0 Å². The molecule has 1 aliphatic heterocycles. The van der Waals surface area contributed by atoms with Crippen molar-refractivity contribution >= 4 is 5.91 Å². The first kappa shape index (κ1) is 16.1. The van der Waals surface area contributed by atoms with E-state index in [1.165, 1.54) is 38.2 Å². The number of amides is 1. The van der Waals surface area contributed by atoms with E-state index in [0.29, 0.717) is 31.2 Å². The predicted molar refractivity (Wildman–Crippen MR) is 88.6 cm³/mol. The Morgan fingerprint density at radius 3 is 2.57 bits per heavy atom. The van der Waals surface area contributed by atoms with Gasteiger partial charge in [-0.2, -0.15) is 0 Å². The van der Waals surface area contributed by atoms with Gasteiger partial charge in [-0.1, -0.05) is 19.3 Å². The van der Waals surface area contributed by atoms with Crippen molar-refractivity contribution in [3.05, 3.63) is 28.2 Å². The van der Waals surface area contributed by atoms with Crippen LogP contribution in [0.25, 0.3) is 0 Å². The number of carbonyl (C=O) groups excluding carboxylic acids is 1. The van der Waals surface area contributed by atoms with E-state index in [4.69, 9.17) is 4.74 Å². The molecule has 5 heteroatoms. The van der Waals surface area contributed by atoms with Crippen LogP contribution in [0.4, 0.5) is 0 Å². The number of pyridine rings is 1. The molecule has 1 aromatic heterocycles. The summed E-state index contributed by atoms with van der Waals surface area (Å²) in [7, 11) is 1.75. The average molecular weight is 318 g/mol. The largest absolute Gasteiger partial charge is 0.486 e. The van der Waals surface area contributed by atoms with Gasteiger partial charge in [0.05, 0.1) is 13.1 Å². The molecule has 2 aliphatic rings. The first-order valence-electron chi connectivity index (χ1n) is 8.65. The number of carbonyl (C=O) groups is 1. The van der Waals surface area contributed by atoms with Crippen molar-refractivity contribution in [3.8, 4) is 5.75 Å². The molecule has 0 radical (unpaired) electrons. The quantitative estimate of drug-likeness (QED) is 0.855. The maximum atomic E-state index is 12.3. The van der Waals surface area contributed by atoms with Crippen LogP contribution in [0.5, 0.6) is 5.75 Å². The first-order chi connectivity index (χ1) is 11.0. The summed E-state index contributed by atoms with van der Waals surface area (Å²) < 4.78 is 7.42. The fraction of sp³-hybridized carbons (Fsp3) is 0.667. The fourth-order valence-electron chi connectivity index (χ4n) is 3.48. The molecule has 126 valence electrons. The summed E-state index contributed by atoms with van der Waals surface area (Å²) >= 11 is 0. The minimum atomic E-state index is -0.0652. The standard InChI is InChI=1S/C18H26N2O3/c1-13-8-15(10-17(21)19(13)2)23-16-11-20(12-16)18(22)9-14-6-4-3-5-7-14/h8,10,14,16H,3-7,9,11-12H2,1-2H3. The Kier molecular flexibility index (Phi) is 4.74. The molecule has 2 heterocycles. The maximum absolute atomic E-state index is 12.3. The Labute approximate surface area is 137 Å². The molecule has 0 bridgehead atoms. The summed E-state index contributed by atoms with van der Waals surface area (Å²) in [4.78, 5) is 25.9. The topological polar surface area (TPSA) is 51.5 Å². The molecule has 3 rings (SSSR count). The summed E-state index contributed by atoms with van der Waals surface area (Å²) in [5.74, 6) is 1.45. The van der Waals surface area contributed by atoms with Crippen LogP contribution in [-0.4, -0.2) is 34.6 Å². The summed E-state index contributed by atoms with van der Waals surface area (Å²) in [6, 6.07) is 3.38. The zero-order chi connectivity index (χ0) is 16.4. The highest BCUT2D eigenvalue weighted by Crippen LogP contribution is 2.28. The Hall–Kier alpha value is -1.78. The van der Waals surface area contributed by atoms with Crippen molar-refractivity contribution in [2.24, 2.45) is 13.0 Å². The summed E-state index contributed by atoms with van der Waals surface area (Å²) in [5, 5.41) is 0. The lowest BCUT2D eigenvalue weighted by Crippen LogP contribution is -2.56. The van der Waals surface area contributed by atoms with Crippen molar-refractivity contribution in [2.45, 2.75) is 51.6 Å². The molecule has 0 aromatic carbocycles. The molecule has 5 nitrogen and oxygen atoms in total. The van der Waals surface area contributed by atoms with Gasteiger partial charge in [0.15, 0.2) is 0 Å². The molecule has 1 amide bonds. The Morgan fingerprint density at radius 2 is 1.91 bits per heavy atom. The van der Waals surface area contributed by atoms with Gasteiger partial charge in [-0.25, -0.2) is 0 Å². The van der Waals surface area contributed by atoms with Crippen LogP contribution in [0.3, 0.4) is 0 Å². The van der Waals surface area contributed by atoms with Gasteiger partial charge in [0.25, 0.3) is 5.56 Å². The molecule has 1 saturated carbocycles. The SMILES string of the molecule is Cc1cc(OC2CN(C(=O)CC3CCCCC3)C2)cc(=O)n1C. The number of ether oxygens (including phenoxy) is 1. The Bertz CT molecular complexity index is 626. The van der Waals surface area contributed by atoms with Crippen LogP contribution < -0.4 is 10.3 Å². The van der Waals surface area contributed by atoms with Crippen LogP contribution >= 0.6 is 0 Å². The zero-order valence-corrected chi connectivity index (χ0v) is 14.1. The highest BCUT2D eigenvalue weighted by atomic mass is 16.5. The molecule has 1 aliphatic carbocycles. The van der Waals surface area contributed by atoms with Crippen molar-refractivity contribution in [1.82, 2.24) is 9.47 Å². The molecular formula is C18H26N2O3. The molecule has 1 saturated heterocycles. The van der Waals surface area contributed by atoms with Crippen molar-refractivity contribution < 1.29 is 9.53 Å². The van der Waals surface area contributed by atoms with Crippen LogP contribution in [0.15, 0.2) is 16.9 Å². The third kappa shape index (κ3) is 3.77. The highest BCUT2D eigenvalue weighted by molar-refractivity contribution is 5.77. The van der Waals surface area contributed by atoms with Gasteiger partial charge in [-0.15, -0.1) is 0 Å². The monoisotopic (exact) mass is 318 g/mol. The van der Waals surface area contributed by atoms with Crippen molar-refractivity contribution in [3.63, 3.8) is 0 Å². The summed E-state index contributed by atoms with van der Waals surface area (Å²) in [6.45, 7) is 3.16. The second kappa shape index (κ2) is 6.77. The van der Waals surface area contributed by atoms with Crippen LogP contribution in [0.2, 0.25) is 0 Å². The smallest absolute Gasteiger partial charge is 0.254 e. The number of hydrogen-bond acceptors (Lipinski definition) is 3. The molecule has 23 heavy (non-hydrogen) atoms. The molecule has 1 aromatic rings. The average Bonchev–Trinajstić information content (AvgIpc) is 2.48. The van der Waals surface area contributed by atoms with Gasteiger partial charge in [0.2, 0.25) is 5.91 Å². The lowest BCUT2D eigenvalue weighted by Gasteiger charge is -2.40. The molecular weight excluding hydrogens is 292 g/mol. The predicted octanol–water partition coefficient (Wildman–Crippen LogP) is 2.25. The lowest BCUT2D eigenvalue weighted by molar-refractivity contribution is -0.141. The molecule has 2 fully saturated rings. The molecule has 0 spiro atoms. The van der Waals surface area contributed by atoms with Crippen molar-refractivity contribution in [2.75, 3.05) is 13.1 Å².